The molecule has 0 aromatic carbocycles. The van der Waals surface area contributed by atoms with Crippen LogP contribution in [0.5, 0.6) is 5.75 Å². The topological polar surface area (TPSA) is 35.0 Å². The van der Waals surface area contributed by atoms with Crippen molar-refractivity contribution in [2.45, 2.75) is 64.9 Å². The average Bonchev–Trinajstić information content (AvgIpc) is 2.37. The van der Waals surface area contributed by atoms with Crippen LogP contribution in [-0.2, 0) is 5.88 Å². The fraction of sp³-hybridized carbons (Fsp3) is 0.750. The monoisotopic (exact) mass is 296 g/mol. The maximum atomic E-state index is 6.14. The van der Waals surface area contributed by atoms with Crippen molar-refractivity contribution in [3.8, 4) is 5.75 Å². The molecule has 0 N–H and O–H groups in total. The fourth-order valence-electron chi connectivity index (χ4n) is 3.04. The van der Waals surface area contributed by atoms with Crippen LogP contribution in [0.3, 0.4) is 0 Å². The highest BCUT2D eigenvalue weighted by Crippen LogP contribution is 2.32. The molecule has 20 heavy (non-hydrogen) atoms. The maximum Gasteiger partial charge on any atom is 0.160 e. The van der Waals surface area contributed by atoms with Gasteiger partial charge in [-0.3, -0.25) is 0 Å². The van der Waals surface area contributed by atoms with Crippen LogP contribution in [0.4, 0.5) is 0 Å². The van der Waals surface area contributed by atoms with E-state index in [2.05, 4.69) is 37.7 Å². The van der Waals surface area contributed by atoms with Crippen molar-refractivity contribution < 1.29 is 4.74 Å². The van der Waals surface area contributed by atoms with Gasteiger partial charge in [0.15, 0.2) is 5.75 Å². The number of rotatable bonds is 4. The van der Waals surface area contributed by atoms with Gasteiger partial charge in [0.25, 0.3) is 0 Å². The second-order valence-electron chi connectivity index (χ2n) is 6.48. The van der Waals surface area contributed by atoms with Crippen molar-refractivity contribution >= 4 is 11.6 Å². The van der Waals surface area contributed by atoms with Crippen LogP contribution >= 0.6 is 11.6 Å². The molecule has 0 radical (unpaired) electrons. The lowest BCUT2D eigenvalue weighted by molar-refractivity contribution is 0.0993. The van der Waals surface area contributed by atoms with Crippen molar-refractivity contribution in [3.05, 3.63) is 17.7 Å². The van der Waals surface area contributed by atoms with Crippen molar-refractivity contribution in [3.63, 3.8) is 0 Å². The summed E-state index contributed by atoms with van der Waals surface area (Å²) < 4.78 is 6.14. The second-order valence-corrected chi connectivity index (χ2v) is 6.75. The van der Waals surface area contributed by atoms with Crippen molar-refractivity contribution in [2.75, 3.05) is 0 Å². The first-order chi connectivity index (χ1) is 9.49. The quantitative estimate of drug-likeness (QED) is 0.765. The Morgan fingerprint density at radius 3 is 2.45 bits per heavy atom. The van der Waals surface area contributed by atoms with Crippen molar-refractivity contribution in [2.24, 2.45) is 11.8 Å². The Morgan fingerprint density at radius 1 is 1.25 bits per heavy atom. The minimum absolute atomic E-state index is 0.268. The van der Waals surface area contributed by atoms with E-state index in [0.29, 0.717) is 11.8 Å². The lowest BCUT2D eigenvalue weighted by atomic mass is 9.82. The highest BCUT2D eigenvalue weighted by Gasteiger charge is 2.26. The zero-order chi connectivity index (χ0) is 14.7. The fourth-order valence-corrected chi connectivity index (χ4v) is 3.23. The zero-order valence-electron chi connectivity index (χ0n) is 12.9. The van der Waals surface area contributed by atoms with E-state index in [4.69, 9.17) is 16.3 Å². The van der Waals surface area contributed by atoms with Crippen LogP contribution in [0.2, 0.25) is 0 Å². The molecule has 1 aliphatic rings. The lowest BCUT2D eigenvalue weighted by Gasteiger charge is -2.32. The summed E-state index contributed by atoms with van der Waals surface area (Å²) in [6, 6.07) is 0. The molecule has 112 valence electrons. The normalized spacial score (nSPS) is 26.8. The van der Waals surface area contributed by atoms with E-state index in [1.54, 1.807) is 6.20 Å². The van der Waals surface area contributed by atoms with Gasteiger partial charge in [-0.1, -0.05) is 27.7 Å². The van der Waals surface area contributed by atoms with E-state index >= 15 is 0 Å². The average molecular weight is 297 g/mol. The van der Waals surface area contributed by atoms with E-state index in [1.165, 1.54) is 6.42 Å². The highest BCUT2D eigenvalue weighted by atomic mass is 35.5. The Hall–Kier alpha value is -0.830. The predicted molar refractivity (Wildman–Crippen MR) is 82.3 cm³/mol. The van der Waals surface area contributed by atoms with E-state index < -0.39 is 0 Å². The second kappa shape index (κ2) is 6.75. The number of halogens is 1. The third kappa shape index (κ3) is 3.85. The first-order valence-corrected chi connectivity index (χ1v) is 8.11. The molecule has 1 aromatic heterocycles. The molecule has 2 rings (SSSR count). The molecular formula is C16H25ClN2O. The molecule has 1 fully saturated rings. The Labute approximate surface area is 127 Å². The number of alkyl halides is 1. The SMILES string of the molecule is CC1CC(C)CC(Oc2cnc(C(C)C)nc2CCl)C1. The summed E-state index contributed by atoms with van der Waals surface area (Å²) >= 11 is 6.01. The number of hydrogen-bond acceptors (Lipinski definition) is 3. The molecule has 0 amide bonds. The minimum atomic E-state index is 0.268. The van der Waals surface area contributed by atoms with Crippen molar-refractivity contribution in [1.29, 1.82) is 0 Å². The number of nitrogens with zero attached hydrogens (tertiary/aromatic N) is 2. The van der Waals surface area contributed by atoms with Gasteiger partial charge in [0.1, 0.15) is 11.5 Å². The van der Waals surface area contributed by atoms with Gasteiger partial charge in [0.2, 0.25) is 0 Å². The van der Waals surface area contributed by atoms with Gasteiger partial charge in [0, 0.05) is 5.92 Å². The van der Waals surface area contributed by atoms with Crippen LogP contribution in [0, 0.1) is 11.8 Å². The molecule has 1 aromatic rings. The first kappa shape index (κ1) is 15.6. The molecule has 0 bridgehead atoms. The van der Waals surface area contributed by atoms with Gasteiger partial charge in [-0.2, -0.15) is 0 Å². The van der Waals surface area contributed by atoms with Crippen LogP contribution in [0.15, 0.2) is 6.20 Å². The first-order valence-electron chi connectivity index (χ1n) is 7.58. The smallest absolute Gasteiger partial charge is 0.160 e. The summed E-state index contributed by atoms with van der Waals surface area (Å²) in [6.45, 7) is 8.76. The van der Waals surface area contributed by atoms with E-state index in [-0.39, 0.29) is 6.10 Å². The molecule has 1 saturated carbocycles. The largest absolute Gasteiger partial charge is 0.487 e. The van der Waals surface area contributed by atoms with Gasteiger partial charge >= 0.3 is 0 Å². The van der Waals surface area contributed by atoms with Gasteiger partial charge < -0.3 is 4.74 Å². The highest BCUT2D eigenvalue weighted by molar-refractivity contribution is 6.17. The van der Waals surface area contributed by atoms with E-state index in [0.717, 1.165) is 41.9 Å². The molecular weight excluding hydrogens is 272 g/mol. The van der Waals surface area contributed by atoms with E-state index in [1.807, 2.05) is 0 Å². The molecule has 0 saturated heterocycles. The number of ether oxygens (including phenoxy) is 1. The van der Waals surface area contributed by atoms with Crippen LogP contribution < -0.4 is 4.74 Å². The summed E-state index contributed by atoms with van der Waals surface area (Å²) in [7, 11) is 0. The predicted octanol–water partition coefficient (Wildman–Crippen LogP) is 4.54. The van der Waals surface area contributed by atoms with Gasteiger partial charge in [-0.15, -0.1) is 11.6 Å². The standard InChI is InChI=1S/C16H25ClN2O/c1-10(2)16-18-9-15(14(8-17)19-16)20-13-6-11(3)5-12(4)7-13/h9-13H,5-8H2,1-4H3. The zero-order valence-corrected chi connectivity index (χ0v) is 13.7. The van der Waals surface area contributed by atoms with Gasteiger partial charge in [-0.25, -0.2) is 9.97 Å². The minimum Gasteiger partial charge on any atom is -0.487 e. The molecule has 0 aliphatic heterocycles. The Balaban J connectivity index is 2.12. The van der Waals surface area contributed by atoms with Gasteiger partial charge in [-0.05, 0) is 31.1 Å². The Morgan fingerprint density at radius 2 is 1.90 bits per heavy atom. The summed E-state index contributed by atoms with van der Waals surface area (Å²) in [5.74, 6) is 3.71. The van der Waals surface area contributed by atoms with Crippen LogP contribution in [0.25, 0.3) is 0 Å². The van der Waals surface area contributed by atoms with Crippen LogP contribution in [-0.4, -0.2) is 16.1 Å². The van der Waals surface area contributed by atoms with E-state index in [9.17, 15) is 0 Å². The lowest BCUT2D eigenvalue weighted by Crippen LogP contribution is -2.29. The van der Waals surface area contributed by atoms with Gasteiger partial charge in [0.05, 0.1) is 18.2 Å². The molecule has 1 aliphatic carbocycles. The molecule has 4 heteroatoms. The maximum absolute atomic E-state index is 6.14. The van der Waals surface area contributed by atoms with Crippen LogP contribution in [0.1, 0.15) is 64.4 Å². The third-order valence-corrected chi connectivity index (χ3v) is 4.17. The Kier molecular flexibility index (Phi) is 5.25. The molecule has 2 atom stereocenters. The molecule has 1 heterocycles. The molecule has 0 spiro atoms. The summed E-state index contributed by atoms with van der Waals surface area (Å²) in [6.07, 6.45) is 5.58. The summed E-state index contributed by atoms with van der Waals surface area (Å²) in [4.78, 5) is 8.92. The Bertz CT molecular complexity index is 440. The number of aromatic nitrogens is 2. The molecule has 2 unspecified atom stereocenters. The number of hydrogen-bond donors (Lipinski definition) is 0. The van der Waals surface area contributed by atoms with Crippen molar-refractivity contribution in [1.82, 2.24) is 9.97 Å². The summed E-state index contributed by atoms with van der Waals surface area (Å²) in [5, 5.41) is 0. The third-order valence-electron chi connectivity index (χ3n) is 3.92. The molecule has 3 nitrogen and oxygen atoms in total. The summed E-state index contributed by atoms with van der Waals surface area (Å²) in [5.41, 5.74) is 0.816.